The van der Waals surface area contributed by atoms with Crippen molar-refractivity contribution in [3.8, 4) is 17.0 Å². The average molecular weight is 380 g/mol. The molecule has 2 saturated heterocycles. The van der Waals surface area contributed by atoms with Gasteiger partial charge in [0.1, 0.15) is 23.9 Å². The van der Waals surface area contributed by atoms with E-state index in [-0.39, 0.29) is 6.10 Å². The smallest absolute Gasteiger partial charge is 0.129 e. The van der Waals surface area contributed by atoms with E-state index < -0.39 is 0 Å². The Bertz CT molecular complexity index is 946. The van der Waals surface area contributed by atoms with Crippen molar-refractivity contribution in [2.24, 2.45) is 0 Å². The Morgan fingerprint density at radius 3 is 2.93 bits per heavy atom. The van der Waals surface area contributed by atoms with Gasteiger partial charge >= 0.3 is 0 Å². The first-order valence-electron chi connectivity index (χ1n) is 9.88. The lowest BCUT2D eigenvalue weighted by Gasteiger charge is -2.27. The Morgan fingerprint density at radius 2 is 2.07 bits per heavy atom. The number of rotatable bonds is 5. The normalized spacial score (nSPS) is 20.0. The second-order valence-electron chi connectivity index (χ2n) is 7.23. The molecule has 0 spiro atoms. The van der Waals surface area contributed by atoms with Gasteiger partial charge in [-0.1, -0.05) is 0 Å². The summed E-state index contributed by atoms with van der Waals surface area (Å²) in [6.07, 6.45) is 4.24. The number of nitrogens with zero attached hydrogens (tertiary/aromatic N) is 3. The first-order valence-corrected chi connectivity index (χ1v) is 9.88. The van der Waals surface area contributed by atoms with Gasteiger partial charge in [0.25, 0.3) is 0 Å². The number of hydrogen-bond donors (Lipinski definition) is 1. The molecular formula is C21H24N4O3. The lowest BCUT2D eigenvalue weighted by molar-refractivity contribution is 0.0680. The van der Waals surface area contributed by atoms with Gasteiger partial charge in [0.15, 0.2) is 0 Å². The van der Waals surface area contributed by atoms with Gasteiger partial charge in [-0.05, 0) is 43.2 Å². The number of aromatic amines is 1. The highest BCUT2D eigenvalue weighted by molar-refractivity contribution is 5.94. The zero-order chi connectivity index (χ0) is 18.8. The summed E-state index contributed by atoms with van der Waals surface area (Å²) >= 11 is 0. The quantitative estimate of drug-likeness (QED) is 0.734. The van der Waals surface area contributed by atoms with Crippen LogP contribution in [0.3, 0.4) is 0 Å². The van der Waals surface area contributed by atoms with Crippen LogP contribution in [0.25, 0.3) is 22.2 Å². The van der Waals surface area contributed by atoms with Gasteiger partial charge in [0.05, 0.1) is 24.8 Å². The summed E-state index contributed by atoms with van der Waals surface area (Å²) < 4.78 is 17.1. The van der Waals surface area contributed by atoms with Crippen LogP contribution in [0.2, 0.25) is 0 Å². The summed E-state index contributed by atoms with van der Waals surface area (Å²) in [7, 11) is 0. The lowest BCUT2D eigenvalue weighted by atomic mass is 10.1. The Balaban J connectivity index is 1.41. The fraction of sp³-hybridized carbons (Fsp3) is 0.429. The van der Waals surface area contributed by atoms with Crippen LogP contribution in [0.15, 0.2) is 36.5 Å². The van der Waals surface area contributed by atoms with Crippen LogP contribution in [0.1, 0.15) is 12.8 Å². The maximum Gasteiger partial charge on any atom is 0.129 e. The van der Waals surface area contributed by atoms with E-state index in [1.54, 1.807) is 0 Å². The van der Waals surface area contributed by atoms with E-state index in [0.717, 1.165) is 79.5 Å². The largest absolute Gasteiger partial charge is 0.491 e. The van der Waals surface area contributed by atoms with Crippen molar-refractivity contribution in [2.75, 3.05) is 44.4 Å². The topological polar surface area (TPSA) is 72.5 Å². The molecule has 2 fully saturated rings. The summed E-state index contributed by atoms with van der Waals surface area (Å²) in [4.78, 5) is 6.79. The minimum atomic E-state index is 0.204. The van der Waals surface area contributed by atoms with Crippen LogP contribution in [0.4, 0.5) is 5.82 Å². The molecule has 0 saturated carbocycles. The number of ether oxygens (including phenoxy) is 3. The third kappa shape index (κ3) is 3.55. The molecule has 2 aliphatic rings. The van der Waals surface area contributed by atoms with Gasteiger partial charge in [0, 0.05) is 36.8 Å². The molecule has 7 nitrogen and oxygen atoms in total. The van der Waals surface area contributed by atoms with Crippen LogP contribution in [0.5, 0.6) is 5.75 Å². The van der Waals surface area contributed by atoms with E-state index in [2.05, 4.69) is 32.2 Å². The predicted molar refractivity (Wildman–Crippen MR) is 107 cm³/mol. The van der Waals surface area contributed by atoms with Crippen LogP contribution in [0, 0.1) is 0 Å². The summed E-state index contributed by atoms with van der Waals surface area (Å²) in [5, 5.41) is 8.73. The first-order chi connectivity index (χ1) is 13.9. The molecule has 2 aromatic heterocycles. The Hall–Kier alpha value is -2.64. The number of aromatic nitrogens is 3. The molecule has 4 heterocycles. The number of fused-ring (bicyclic) bond motifs is 1. The van der Waals surface area contributed by atoms with Gasteiger partial charge in [-0.2, -0.15) is 5.10 Å². The Labute approximate surface area is 163 Å². The monoisotopic (exact) mass is 380 g/mol. The molecule has 7 heteroatoms. The van der Waals surface area contributed by atoms with Crippen molar-refractivity contribution >= 4 is 16.7 Å². The molecule has 5 rings (SSSR count). The second-order valence-corrected chi connectivity index (χ2v) is 7.23. The van der Waals surface area contributed by atoms with Gasteiger partial charge in [-0.3, -0.25) is 5.10 Å². The van der Waals surface area contributed by atoms with Crippen molar-refractivity contribution in [1.82, 2.24) is 15.2 Å². The average Bonchev–Trinajstić information content (AvgIpc) is 3.42. The highest BCUT2D eigenvalue weighted by Crippen LogP contribution is 2.31. The molecule has 0 aliphatic carbocycles. The van der Waals surface area contributed by atoms with Crippen LogP contribution in [-0.2, 0) is 9.47 Å². The SMILES string of the molecule is c1cc(-c2n[nH]c3ccc(OCC4CCCO4)cc23)cc(N2CCOCC2)n1. The number of hydrogen-bond acceptors (Lipinski definition) is 6. The maximum atomic E-state index is 5.98. The first kappa shape index (κ1) is 17.5. The lowest BCUT2D eigenvalue weighted by Crippen LogP contribution is -2.36. The van der Waals surface area contributed by atoms with Gasteiger partial charge in [-0.25, -0.2) is 4.98 Å². The molecule has 1 atom stereocenters. The van der Waals surface area contributed by atoms with E-state index in [9.17, 15) is 0 Å². The molecule has 1 aromatic carbocycles. The van der Waals surface area contributed by atoms with E-state index in [1.807, 2.05) is 24.4 Å². The number of morpholine rings is 1. The van der Waals surface area contributed by atoms with E-state index in [0.29, 0.717) is 6.61 Å². The highest BCUT2D eigenvalue weighted by atomic mass is 16.5. The van der Waals surface area contributed by atoms with E-state index in [1.165, 1.54) is 0 Å². The van der Waals surface area contributed by atoms with E-state index >= 15 is 0 Å². The summed E-state index contributed by atoms with van der Waals surface area (Å²) in [6, 6.07) is 10.1. The maximum absolute atomic E-state index is 5.98. The van der Waals surface area contributed by atoms with Crippen molar-refractivity contribution in [1.29, 1.82) is 0 Å². The molecule has 1 N–H and O–H groups in total. The van der Waals surface area contributed by atoms with Crippen molar-refractivity contribution in [3.05, 3.63) is 36.5 Å². The number of H-pyrrole nitrogens is 1. The number of anilines is 1. The van der Waals surface area contributed by atoms with Crippen LogP contribution in [-0.4, -0.2) is 60.8 Å². The predicted octanol–water partition coefficient (Wildman–Crippen LogP) is 3.02. The number of benzene rings is 1. The molecule has 146 valence electrons. The van der Waals surface area contributed by atoms with Gasteiger partial charge < -0.3 is 19.1 Å². The minimum Gasteiger partial charge on any atom is -0.491 e. The molecule has 28 heavy (non-hydrogen) atoms. The minimum absolute atomic E-state index is 0.204. The zero-order valence-corrected chi connectivity index (χ0v) is 15.8. The van der Waals surface area contributed by atoms with Gasteiger partial charge in [-0.15, -0.1) is 0 Å². The molecule has 2 aliphatic heterocycles. The molecular weight excluding hydrogens is 356 g/mol. The van der Waals surface area contributed by atoms with Crippen molar-refractivity contribution in [3.63, 3.8) is 0 Å². The summed E-state index contributed by atoms with van der Waals surface area (Å²) in [5.74, 6) is 1.80. The second kappa shape index (κ2) is 7.77. The Morgan fingerprint density at radius 1 is 1.14 bits per heavy atom. The summed E-state index contributed by atoms with van der Waals surface area (Å²) in [6.45, 7) is 4.63. The zero-order valence-electron chi connectivity index (χ0n) is 15.8. The van der Waals surface area contributed by atoms with Crippen LogP contribution < -0.4 is 9.64 Å². The molecule has 0 amide bonds. The molecule has 0 bridgehead atoms. The molecule has 1 unspecified atom stereocenters. The van der Waals surface area contributed by atoms with Gasteiger partial charge in [0.2, 0.25) is 0 Å². The van der Waals surface area contributed by atoms with Crippen LogP contribution >= 0.6 is 0 Å². The van der Waals surface area contributed by atoms with Crippen molar-refractivity contribution < 1.29 is 14.2 Å². The third-order valence-electron chi connectivity index (χ3n) is 5.35. The standard InChI is InChI=1S/C21H24N4O3/c1-2-17(27-9-1)14-28-16-3-4-19-18(13-16)21(24-23-19)15-5-6-22-20(12-15)25-7-10-26-11-8-25/h3-6,12-13,17H,1-2,7-11,14H2,(H,23,24). The highest BCUT2D eigenvalue weighted by Gasteiger charge is 2.17. The third-order valence-corrected chi connectivity index (χ3v) is 5.35. The van der Waals surface area contributed by atoms with Crippen molar-refractivity contribution in [2.45, 2.75) is 18.9 Å². The summed E-state index contributed by atoms with van der Waals surface area (Å²) in [5.41, 5.74) is 2.94. The van der Waals surface area contributed by atoms with E-state index in [4.69, 9.17) is 14.2 Å². The molecule has 3 aromatic rings. The fourth-order valence-electron chi connectivity index (χ4n) is 3.80. The fourth-order valence-corrected chi connectivity index (χ4v) is 3.80. The molecule has 0 radical (unpaired) electrons. The number of nitrogens with one attached hydrogen (secondary N) is 1. The Kier molecular flexibility index (Phi) is 4.85. The number of pyridine rings is 1.